The standard InChI is InChI=1S/C16H10F3N3O3/c1-6-12(19)10(18)4-7-13(6)22(5-8(14(7)23)16(24)25)15-9(17)2-3-11(20)21-15/h2-5H,1H3,(H2,20,21)(H,24,25). The number of carbonyl (C=O) groups is 1. The molecule has 2 heterocycles. The number of carboxylic acid groups (broad SMARTS) is 1. The molecule has 1 aromatic carbocycles. The summed E-state index contributed by atoms with van der Waals surface area (Å²) in [6.45, 7) is 1.18. The normalized spacial score (nSPS) is 11.0. The molecule has 9 heteroatoms. The average molecular weight is 349 g/mol. The van der Waals surface area contributed by atoms with Crippen LogP contribution < -0.4 is 11.2 Å². The smallest absolute Gasteiger partial charge is 0.341 e. The molecular weight excluding hydrogens is 339 g/mol. The minimum Gasteiger partial charge on any atom is -0.477 e. The number of aromatic carboxylic acids is 1. The fourth-order valence-corrected chi connectivity index (χ4v) is 2.56. The maximum Gasteiger partial charge on any atom is 0.341 e. The molecule has 0 aliphatic rings. The Kier molecular flexibility index (Phi) is 3.71. The first kappa shape index (κ1) is 16.5. The molecule has 0 saturated heterocycles. The Hall–Kier alpha value is -3.36. The maximum absolute atomic E-state index is 14.2. The summed E-state index contributed by atoms with van der Waals surface area (Å²) < 4.78 is 42.8. The Balaban J connectivity index is 2.60. The summed E-state index contributed by atoms with van der Waals surface area (Å²) in [5, 5.41) is 8.78. The van der Waals surface area contributed by atoms with Gasteiger partial charge in [0, 0.05) is 11.8 Å². The van der Waals surface area contributed by atoms with Gasteiger partial charge in [0.25, 0.3) is 0 Å². The monoisotopic (exact) mass is 349 g/mol. The summed E-state index contributed by atoms with van der Waals surface area (Å²) in [6.07, 6.45) is 0.808. The molecule has 0 aliphatic heterocycles. The van der Waals surface area contributed by atoms with Crippen LogP contribution in [0.15, 0.2) is 29.2 Å². The lowest BCUT2D eigenvalue weighted by Crippen LogP contribution is -2.20. The summed E-state index contributed by atoms with van der Waals surface area (Å²) in [4.78, 5) is 27.4. The van der Waals surface area contributed by atoms with Crippen molar-refractivity contribution in [2.24, 2.45) is 0 Å². The number of hydrogen-bond donors (Lipinski definition) is 2. The minimum atomic E-state index is -1.60. The molecular formula is C16H10F3N3O3. The van der Waals surface area contributed by atoms with Gasteiger partial charge in [-0.25, -0.2) is 22.9 Å². The van der Waals surface area contributed by atoms with E-state index in [-0.39, 0.29) is 16.9 Å². The van der Waals surface area contributed by atoms with Crippen molar-refractivity contribution in [1.29, 1.82) is 0 Å². The average Bonchev–Trinajstić information content (AvgIpc) is 2.55. The molecule has 2 aromatic heterocycles. The first-order chi connectivity index (χ1) is 11.7. The van der Waals surface area contributed by atoms with E-state index in [1.807, 2.05) is 0 Å². The van der Waals surface area contributed by atoms with Gasteiger partial charge in [-0.05, 0) is 25.1 Å². The maximum atomic E-state index is 14.2. The molecule has 0 unspecified atom stereocenters. The van der Waals surface area contributed by atoms with E-state index in [1.165, 1.54) is 13.0 Å². The molecule has 0 bridgehead atoms. The third kappa shape index (κ3) is 2.49. The van der Waals surface area contributed by atoms with Crippen LogP contribution in [0, 0.1) is 24.4 Å². The highest BCUT2D eigenvalue weighted by Gasteiger charge is 2.22. The number of nitrogens with two attached hydrogens (primary N) is 1. The number of aromatic nitrogens is 2. The van der Waals surface area contributed by atoms with Crippen molar-refractivity contribution in [2.45, 2.75) is 6.92 Å². The minimum absolute atomic E-state index is 0.0830. The van der Waals surface area contributed by atoms with E-state index in [4.69, 9.17) is 5.73 Å². The molecule has 0 aliphatic carbocycles. The summed E-state index contributed by atoms with van der Waals surface area (Å²) in [7, 11) is 0. The summed E-state index contributed by atoms with van der Waals surface area (Å²) in [5.41, 5.74) is 3.25. The molecule has 0 saturated carbocycles. The molecule has 3 N–H and O–H groups in total. The van der Waals surface area contributed by atoms with E-state index in [0.29, 0.717) is 6.07 Å². The predicted molar refractivity (Wildman–Crippen MR) is 83.3 cm³/mol. The number of benzene rings is 1. The largest absolute Gasteiger partial charge is 0.477 e. The number of pyridine rings is 2. The lowest BCUT2D eigenvalue weighted by Gasteiger charge is -2.15. The molecule has 6 nitrogen and oxygen atoms in total. The summed E-state index contributed by atoms with van der Waals surface area (Å²) in [6, 6.07) is 2.74. The SMILES string of the molecule is Cc1c(F)c(F)cc2c(=O)c(C(=O)O)cn(-c3nc(N)ccc3F)c12. The Bertz CT molecular complexity index is 1110. The van der Waals surface area contributed by atoms with Gasteiger partial charge in [-0.1, -0.05) is 0 Å². The number of fused-ring (bicyclic) bond motifs is 1. The molecule has 0 spiro atoms. The van der Waals surface area contributed by atoms with Crippen LogP contribution in [0.1, 0.15) is 15.9 Å². The van der Waals surface area contributed by atoms with Gasteiger partial charge < -0.3 is 10.8 Å². The van der Waals surface area contributed by atoms with E-state index >= 15 is 0 Å². The van der Waals surface area contributed by atoms with Crippen molar-refractivity contribution >= 4 is 22.7 Å². The number of aryl methyl sites for hydroxylation is 1. The fraction of sp³-hybridized carbons (Fsp3) is 0.0625. The number of halogens is 3. The number of carboxylic acids is 1. The van der Waals surface area contributed by atoms with Crippen LogP contribution in [-0.2, 0) is 0 Å². The van der Waals surface area contributed by atoms with E-state index in [2.05, 4.69) is 4.98 Å². The quantitative estimate of drug-likeness (QED) is 0.740. The van der Waals surface area contributed by atoms with E-state index < -0.39 is 45.6 Å². The van der Waals surface area contributed by atoms with E-state index in [9.17, 15) is 27.9 Å². The highest BCUT2D eigenvalue weighted by molar-refractivity contribution is 5.94. The second-order valence-corrected chi connectivity index (χ2v) is 5.28. The lowest BCUT2D eigenvalue weighted by atomic mass is 10.1. The van der Waals surface area contributed by atoms with Crippen molar-refractivity contribution in [1.82, 2.24) is 9.55 Å². The number of hydrogen-bond acceptors (Lipinski definition) is 4. The van der Waals surface area contributed by atoms with Gasteiger partial charge in [-0.3, -0.25) is 9.36 Å². The van der Waals surface area contributed by atoms with Gasteiger partial charge in [-0.15, -0.1) is 0 Å². The number of anilines is 1. The second kappa shape index (κ2) is 5.62. The third-order valence-electron chi connectivity index (χ3n) is 3.72. The van der Waals surface area contributed by atoms with E-state index in [1.54, 1.807) is 0 Å². The van der Waals surface area contributed by atoms with Crippen LogP contribution in [-0.4, -0.2) is 20.6 Å². The Morgan fingerprint density at radius 1 is 1.24 bits per heavy atom. The molecule has 0 atom stereocenters. The zero-order chi connectivity index (χ0) is 18.5. The molecule has 25 heavy (non-hydrogen) atoms. The van der Waals surface area contributed by atoms with Crippen LogP contribution in [0.4, 0.5) is 19.0 Å². The van der Waals surface area contributed by atoms with Crippen molar-refractivity contribution in [3.8, 4) is 5.82 Å². The Labute approximate surface area is 138 Å². The van der Waals surface area contributed by atoms with Crippen molar-refractivity contribution < 1.29 is 23.1 Å². The number of nitrogen functional groups attached to an aromatic ring is 1. The Morgan fingerprint density at radius 3 is 2.56 bits per heavy atom. The number of nitrogens with zero attached hydrogens (tertiary/aromatic N) is 2. The van der Waals surface area contributed by atoms with Gasteiger partial charge in [-0.2, -0.15) is 0 Å². The number of rotatable bonds is 2. The molecule has 0 fully saturated rings. The fourth-order valence-electron chi connectivity index (χ4n) is 2.56. The highest BCUT2D eigenvalue weighted by atomic mass is 19.2. The molecule has 3 rings (SSSR count). The Morgan fingerprint density at radius 2 is 1.92 bits per heavy atom. The molecule has 128 valence electrons. The van der Waals surface area contributed by atoms with Crippen LogP contribution in [0.5, 0.6) is 0 Å². The topological polar surface area (TPSA) is 98.2 Å². The van der Waals surface area contributed by atoms with Crippen LogP contribution in [0.25, 0.3) is 16.7 Å². The highest BCUT2D eigenvalue weighted by Crippen LogP contribution is 2.26. The van der Waals surface area contributed by atoms with Gasteiger partial charge in [0.15, 0.2) is 23.3 Å². The van der Waals surface area contributed by atoms with Crippen LogP contribution in [0.2, 0.25) is 0 Å². The first-order valence-corrected chi connectivity index (χ1v) is 6.92. The summed E-state index contributed by atoms with van der Waals surface area (Å²) >= 11 is 0. The second-order valence-electron chi connectivity index (χ2n) is 5.28. The molecule has 0 amide bonds. The van der Waals surface area contributed by atoms with Gasteiger partial charge in [0.05, 0.1) is 10.9 Å². The van der Waals surface area contributed by atoms with Gasteiger partial charge in [0.2, 0.25) is 5.43 Å². The molecule has 3 aromatic rings. The van der Waals surface area contributed by atoms with Gasteiger partial charge in [0.1, 0.15) is 11.4 Å². The summed E-state index contributed by atoms with van der Waals surface area (Å²) in [5.74, 6) is -5.58. The van der Waals surface area contributed by atoms with Crippen LogP contribution >= 0.6 is 0 Å². The van der Waals surface area contributed by atoms with Crippen molar-refractivity contribution in [2.75, 3.05) is 5.73 Å². The van der Waals surface area contributed by atoms with Crippen molar-refractivity contribution in [3.63, 3.8) is 0 Å². The van der Waals surface area contributed by atoms with Crippen molar-refractivity contribution in [3.05, 3.63) is 63.2 Å². The van der Waals surface area contributed by atoms with E-state index in [0.717, 1.165) is 16.8 Å². The third-order valence-corrected chi connectivity index (χ3v) is 3.72. The predicted octanol–water partition coefficient (Wildman–Crippen LogP) is 2.39. The lowest BCUT2D eigenvalue weighted by molar-refractivity contribution is 0.0695. The zero-order valence-electron chi connectivity index (χ0n) is 12.7. The van der Waals surface area contributed by atoms with Crippen LogP contribution in [0.3, 0.4) is 0 Å². The van der Waals surface area contributed by atoms with Gasteiger partial charge >= 0.3 is 5.97 Å². The molecule has 0 radical (unpaired) electrons. The first-order valence-electron chi connectivity index (χ1n) is 6.92. The zero-order valence-corrected chi connectivity index (χ0v) is 12.7.